The van der Waals surface area contributed by atoms with Crippen molar-refractivity contribution < 1.29 is 4.39 Å². The van der Waals surface area contributed by atoms with Crippen molar-refractivity contribution in [1.29, 1.82) is 0 Å². The summed E-state index contributed by atoms with van der Waals surface area (Å²) >= 11 is 0. The standard InChI is InChI=1S/C14H10FN3/c15-12-5-3-10(4-6-12)13-9-17-14(18-13)11-2-1-7-16-8-11/h1-9H,(H,17,18). The van der Waals surface area contributed by atoms with Crippen molar-refractivity contribution in [3.63, 3.8) is 0 Å². The summed E-state index contributed by atoms with van der Waals surface area (Å²) in [5.74, 6) is 0.508. The Morgan fingerprint density at radius 2 is 1.78 bits per heavy atom. The molecule has 4 heteroatoms. The number of pyridine rings is 1. The van der Waals surface area contributed by atoms with Crippen molar-refractivity contribution in [3.05, 3.63) is 60.8 Å². The van der Waals surface area contributed by atoms with Gasteiger partial charge in [-0.15, -0.1) is 0 Å². The molecule has 2 aromatic heterocycles. The lowest BCUT2D eigenvalue weighted by Gasteiger charge is -1.97. The van der Waals surface area contributed by atoms with Crippen LogP contribution >= 0.6 is 0 Å². The van der Waals surface area contributed by atoms with Gasteiger partial charge < -0.3 is 4.98 Å². The summed E-state index contributed by atoms with van der Waals surface area (Å²) in [6.07, 6.45) is 5.19. The zero-order valence-corrected chi connectivity index (χ0v) is 9.47. The molecular formula is C14H10FN3. The molecule has 0 unspecified atom stereocenters. The first-order valence-electron chi connectivity index (χ1n) is 5.54. The Labute approximate surface area is 103 Å². The quantitative estimate of drug-likeness (QED) is 0.745. The van der Waals surface area contributed by atoms with E-state index < -0.39 is 0 Å². The summed E-state index contributed by atoms with van der Waals surface area (Å²) in [7, 11) is 0. The van der Waals surface area contributed by atoms with Crippen LogP contribution in [0.3, 0.4) is 0 Å². The van der Waals surface area contributed by atoms with Crippen LogP contribution in [-0.2, 0) is 0 Å². The van der Waals surface area contributed by atoms with Gasteiger partial charge in [0.15, 0.2) is 0 Å². The van der Waals surface area contributed by atoms with Gasteiger partial charge in [0.2, 0.25) is 0 Å². The first-order valence-corrected chi connectivity index (χ1v) is 5.54. The highest BCUT2D eigenvalue weighted by Gasteiger charge is 2.05. The summed E-state index contributed by atoms with van der Waals surface area (Å²) in [6, 6.07) is 10.1. The van der Waals surface area contributed by atoms with Gasteiger partial charge in [-0.05, 0) is 42.0 Å². The molecule has 88 valence electrons. The minimum atomic E-state index is -0.245. The lowest BCUT2D eigenvalue weighted by atomic mass is 10.2. The number of rotatable bonds is 2. The minimum absolute atomic E-state index is 0.245. The molecule has 18 heavy (non-hydrogen) atoms. The van der Waals surface area contributed by atoms with Gasteiger partial charge in [0.05, 0.1) is 11.9 Å². The molecule has 3 aromatic rings. The molecule has 0 radical (unpaired) electrons. The number of benzene rings is 1. The Kier molecular flexibility index (Phi) is 2.61. The van der Waals surface area contributed by atoms with Gasteiger partial charge in [0.1, 0.15) is 11.6 Å². The molecule has 0 amide bonds. The first-order chi connectivity index (χ1) is 8.83. The lowest BCUT2D eigenvalue weighted by Crippen LogP contribution is -1.82. The predicted molar refractivity (Wildman–Crippen MR) is 67.2 cm³/mol. The molecule has 3 nitrogen and oxygen atoms in total. The molecule has 2 heterocycles. The third kappa shape index (κ3) is 2.00. The van der Waals surface area contributed by atoms with E-state index in [1.807, 2.05) is 12.1 Å². The van der Waals surface area contributed by atoms with E-state index in [-0.39, 0.29) is 5.82 Å². The number of nitrogens with one attached hydrogen (secondary N) is 1. The monoisotopic (exact) mass is 239 g/mol. The van der Waals surface area contributed by atoms with E-state index in [2.05, 4.69) is 15.0 Å². The highest BCUT2D eigenvalue weighted by atomic mass is 19.1. The van der Waals surface area contributed by atoms with Crippen LogP contribution in [-0.4, -0.2) is 15.0 Å². The van der Waals surface area contributed by atoms with Gasteiger partial charge in [0.25, 0.3) is 0 Å². The van der Waals surface area contributed by atoms with Crippen LogP contribution in [0.15, 0.2) is 55.0 Å². The normalized spacial score (nSPS) is 10.5. The molecule has 0 spiro atoms. The molecular weight excluding hydrogens is 229 g/mol. The molecule has 1 aromatic carbocycles. The highest BCUT2D eigenvalue weighted by molar-refractivity contribution is 5.63. The molecule has 1 N–H and O–H groups in total. The molecule has 3 rings (SSSR count). The smallest absolute Gasteiger partial charge is 0.139 e. The van der Waals surface area contributed by atoms with Gasteiger partial charge in [-0.1, -0.05) is 0 Å². The fourth-order valence-corrected chi connectivity index (χ4v) is 1.75. The number of hydrogen-bond donors (Lipinski definition) is 1. The zero-order valence-electron chi connectivity index (χ0n) is 9.47. The Morgan fingerprint density at radius 1 is 0.944 bits per heavy atom. The zero-order chi connectivity index (χ0) is 12.4. The summed E-state index contributed by atoms with van der Waals surface area (Å²) in [5.41, 5.74) is 2.68. The SMILES string of the molecule is Fc1ccc(-c2cnc(-c3cccnc3)[nH]2)cc1. The summed E-state index contributed by atoms with van der Waals surface area (Å²) < 4.78 is 12.8. The maximum Gasteiger partial charge on any atom is 0.139 e. The first kappa shape index (κ1) is 10.7. The van der Waals surface area contributed by atoms with Crippen LogP contribution in [0.25, 0.3) is 22.6 Å². The van der Waals surface area contributed by atoms with Gasteiger partial charge in [0, 0.05) is 18.0 Å². The van der Waals surface area contributed by atoms with E-state index in [4.69, 9.17) is 0 Å². The number of imidazole rings is 1. The van der Waals surface area contributed by atoms with Crippen LogP contribution in [0.5, 0.6) is 0 Å². The van der Waals surface area contributed by atoms with Crippen molar-refractivity contribution in [3.8, 4) is 22.6 Å². The average Bonchev–Trinajstić information content (AvgIpc) is 2.90. The second kappa shape index (κ2) is 4.41. The molecule has 0 fully saturated rings. The van der Waals surface area contributed by atoms with Crippen LogP contribution in [0.4, 0.5) is 4.39 Å². The molecule has 0 saturated carbocycles. The average molecular weight is 239 g/mol. The van der Waals surface area contributed by atoms with E-state index in [1.54, 1.807) is 30.7 Å². The van der Waals surface area contributed by atoms with E-state index in [0.29, 0.717) is 0 Å². The fraction of sp³-hybridized carbons (Fsp3) is 0. The van der Waals surface area contributed by atoms with Gasteiger partial charge >= 0.3 is 0 Å². The van der Waals surface area contributed by atoms with E-state index in [1.165, 1.54) is 12.1 Å². The summed E-state index contributed by atoms with van der Waals surface area (Å²) in [5, 5.41) is 0. The summed E-state index contributed by atoms with van der Waals surface area (Å²) in [6.45, 7) is 0. The number of nitrogens with zero attached hydrogens (tertiary/aromatic N) is 2. The van der Waals surface area contributed by atoms with Gasteiger partial charge in [-0.2, -0.15) is 0 Å². The Bertz CT molecular complexity index is 644. The van der Waals surface area contributed by atoms with Gasteiger partial charge in [-0.25, -0.2) is 9.37 Å². The molecule has 0 aliphatic carbocycles. The third-order valence-corrected chi connectivity index (χ3v) is 2.67. The van der Waals surface area contributed by atoms with Crippen molar-refractivity contribution in [2.75, 3.05) is 0 Å². The molecule has 0 bridgehead atoms. The van der Waals surface area contributed by atoms with E-state index in [0.717, 1.165) is 22.6 Å². The third-order valence-electron chi connectivity index (χ3n) is 2.67. The maximum atomic E-state index is 12.8. The Balaban J connectivity index is 1.97. The van der Waals surface area contributed by atoms with Crippen molar-refractivity contribution in [1.82, 2.24) is 15.0 Å². The van der Waals surface area contributed by atoms with Crippen LogP contribution < -0.4 is 0 Å². The number of halogens is 1. The van der Waals surface area contributed by atoms with Crippen LogP contribution in [0.1, 0.15) is 0 Å². The van der Waals surface area contributed by atoms with E-state index >= 15 is 0 Å². The minimum Gasteiger partial charge on any atom is -0.338 e. The predicted octanol–water partition coefficient (Wildman–Crippen LogP) is 3.28. The van der Waals surface area contributed by atoms with Crippen LogP contribution in [0, 0.1) is 5.82 Å². The van der Waals surface area contributed by atoms with Crippen molar-refractivity contribution in [2.45, 2.75) is 0 Å². The fourth-order valence-electron chi connectivity index (χ4n) is 1.75. The Hall–Kier alpha value is -2.49. The molecule has 0 saturated heterocycles. The van der Waals surface area contributed by atoms with E-state index in [9.17, 15) is 4.39 Å². The second-order valence-electron chi connectivity index (χ2n) is 3.89. The summed E-state index contributed by atoms with van der Waals surface area (Å²) in [4.78, 5) is 11.5. The second-order valence-corrected chi connectivity index (χ2v) is 3.89. The topological polar surface area (TPSA) is 41.6 Å². The highest BCUT2D eigenvalue weighted by Crippen LogP contribution is 2.21. The number of H-pyrrole nitrogens is 1. The Morgan fingerprint density at radius 3 is 2.50 bits per heavy atom. The number of aromatic amines is 1. The lowest BCUT2D eigenvalue weighted by molar-refractivity contribution is 0.628. The largest absolute Gasteiger partial charge is 0.338 e. The van der Waals surface area contributed by atoms with Crippen molar-refractivity contribution in [2.24, 2.45) is 0 Å². The molecule has 0 aliphatic rings. The number of hydrogen-bond acceptors (Lipinski definition) is 2. The number of aromatic nitrogens is 3. The van der Waals surface area contributed by atoms with Crippen molar-refractivity contribution >= 4 is 0 Å². The van der Waals surface area contributed by atoms with Gasteiger partial charge in [-0.3, -0.25) is 4.98 Å². The van der Waals surface area contributed by atoms with Crippen LogP contribution in [0.2, 0.25) is 0 Å². The maximum absolute atomic E-state index is 12.8. The molecule has 0 aliphatic heterocycles. The molecule has 0 atom stereocenters.